The first-order valence-electron chi connectivity index (χ1n) is 5.85. The van der Waals surface area contributed by atoms with Gasteiger partial charge in [0.1, 0.15) is 0 Å². The molecule has 0 amide bonds. The molecule has 4 nitrogen and oxygen atoms in total. The van der Waals surface area contributed by atoms with Crippen molar-refractivity contribution in [3.63, 3.8) is 0 Å². The van der Waals surface area contributed by atoms with Gasteiger partial charge in [-0.05, 0) is 26.7 Å². The molecule has 2 atom stereocenters. The van der Waals surface area contributed by atoms with E-state index in [1.165, 1.54) is 4.88 Å². The van der Waals surface area contributed by atoms with Gasteiger partial charge in [0.2, 0.25) is 0 Å². The van der Waals surface area contributed by atoms with E-state index in [1.807, 2.05) is 12.4 Å². The second-order valence-electron chi connectivity index (χ2n) is 4.56. The Morgan fingerprint density at radius 2 is 2.41 bits per heavy atom. The maximum Gasteiger partial charge on any atom is 0.154 e. The third-order valence-electron chi connectivity index (χ3n) is 3.29. The van der Waals surface area contributed by atoms with Gasteiger partial charge in [-0.3, -0.25) is 0 Å². The van der Waals surface area contributed by atoms with Crippen LogP contribution in [-0.4, -0.2) is 30.9 Å². The molecule has 96 valence electrons. The van der Waals surface area contributed by atoms with Crippen molar-refractivity contribution in [2.75, 3.05) is 12.3 Å². The molecule has 17 heavy (non-hydrogen) atoms. The van der Waals surface area contributed by atoms with Crippen molar-refractivity contribution < 1.29 is 8.42 Å². The Morgan fingerprint density at radius 3 is 2.94 bits per heavy atom. The summed E-state index contributed by atoms with van der Waals surface area (Å²) in [4.78, 5) is 5.40. The van der Waals surface area contributed by atoms with Crippen LogP contribution in [0.4, 0.5) is 0 Å². The van der Waals surface area contributed by atoms with Crippen LogP contribution in [0.25, 0.3) is 0 Å². The van der Waals surface area contributed by atoms with E-state index >= 15 is 0 Å². The zero-order chi connectivity index (χ0) is 12.5. The molecule has 1 saturated heterocycles. The summed E-state index contributed by atoms with van der Waals surface area (Å²) in [6.45, 7) is 4.60. The number of rotatable bonds is 4. The fourth-order valence-corrected chi connectivity index (χ4v) is 4.83. The SMILES string of the molecule is Cc1ncsc1C(C)NCC1CCCS1(=O)=O. The number of aryl methyl sites for hydroxylation is 1. The van der Waals surface area contributed by atoms with Crippen LogP contribution in [0.15, 0.2) is 5.51 Å². The summed E-state index contributed by atoms with van der Waals surface area (Å²) in [5.41, 5.74) is 2.86. The Morgan fingerprint density at radius 1 is 1.65 bits per heavy atom. The maximum atomic E-state index is 11.7. The average Bonchev–Trinajstić information content (AvgIpc) is 2.81. The van der Waals surface area contributed by atoms with E-state index in [0.29, 0.717) is 12.3 Å². The highest BCUT2D eigenvalue weighted by Crippen LogP contribution is 2.23. The van der Waals surface area contributed by atoms with Crippen LogP contribution in [0.1, 0.15) is 36.4 Å². The third-order valence-corrected chi connectivity index (χ3v) is 6.68. The summed E-state index contributed by atoms with van der Waals surface area (Å²) in [6.07, 6.45) is 1.60. The summed E-state index contributed by atoms with van der Waals surface area (Å²) in [5, 5.41) is 3.12. The number of nitrogens with one attached hydrogen (secondary N) is 1. The molecule has 0 saturated carbocycles. The lowest BCUT2D eigenvalue weighted by atomic mass is 10.2. The topological polar surface area (TPSA) is 59.1 Å². The molecule has 1 fully saturated rings. The van der Waals surface area contributed by atoms with Gasteiger partial charge in [-0.15, -0.1) is 11.3 Å². The number of sulfone groups is 1. The highest BCUT2D eigenvalue weighted by molar-refractivity contribution is 7.92. The highest BCUT2D eigenvalue weighted by atomic mass is 32.2. The third kappa shape index (κ3) is 2.86. The van der Waals surface area contributed by atoms with Gasteiger partial charge in [0, 0.05) is 17.5 Å². The van der Waals surface area contributed by atoms with Crippen LogP contribution in [0.5, 0.6) is 0 Å². The van der Waals surface area contributed by atoms with Crippen molar-refractivity contribution in [2.45, 2.75) is 38.0 Å². The Labute approximate surface area is 106 Å². The summed E-state index contributed by atoms with van der Waals surface area (Å²) < 4.78 is 23.4. The summed E-state index contributed by atoms with van der Waals surface area (Å²) >= 11 is 1.62. The minimum absolute atomic E-state index is 0.179. The van der Waals surface area contributed by atoms with Crippen LogP contribution in [-0.2, 0) is 9.84 Å². The van der Waals surface area contributed by atoms with Gasteiger partial charge in [0.15, 0.2) is 9.84 Å². The highest BCUT2D eigenvalue weighted by Gasteiger charge is 2.31. The van der Waals surface area contributed by atoms with Crippen molar-refractivity contribution in [2.24, 2.45) is 0 Å². The van der Waals surface area contributed by atoms with Crippen molar-refractivity contribution in [3.8, 4) is 0 Å². The van der Waals surface area contributed by atoms with Crippen LogP contribution in [0.3, 0.4) is 0 Å². The molecule has 0 aliphatic carbocycles. The van der Waals surface area contributed by atoms with Gasteiger partial charge >= 0.3 is 0 Å². The van der Waals surface area contributed by atoms with E-state index in [0.717, 1.165) is 18.5 Å². The number of aromatic nitrogens is 1. The van der Waals surface area contributed by atoms with Crippen molar-refractivity contribution in [1.82, 2.24) is 10.3 Å². The number of thiazole rings is 1. The molecule has 1 aliphatic heterocycles. The zero-order valence-electron chi connectivity index (χ0n) is 10.1. The first-order chi connectivity index (χ1) is 8.00. The smallest absolute Gasteiger partial charge is 0.154 e. The predicted octanol–water partition coefficient (Wildman–Crippen LogP) is 1.68. The van der Waals surface area contributed by atoms with E-state index < -0.39 is 9.84 Å². The van der Waals surface area contributed by atoms with Crippen LogP contribution < -0.4 is 5.32 Å². The lowest BCUT2D eigenvalue weighted by Gasteiger charge is -2.16. The van der Waals surface area contributed by atoms with Gasteiger partial charge in [0.25, 0.3) is 0 Å². The van der Waals surface area contributed by atoms with E-state index in [1.54, 1.807) is 11.3 Å². The van der Waals surface area contributed by atoms with E-state index in [-0.39, 0.29) is 11.3 Å². The van der Waals surface area contributed by atoms with Crippen molar-refractivity contribution >= 4 is 21.2 Å². The molecule has 1 N–H and O–H groups in total. The fourth-order valence-electron chi connectivity index (χ4n) is 2.21. The van der Waals surface area contributed by atoms with Crippen LogP contribution >= 0.6 is 11.3 Å². The molecule has 0 spiro atoms. The van der Waals surface area contributed by atoms with Crippen molar-refractivity contribution in [1.29, 1.82) is 0 Å². The molecular weight excluding hydrogens is 256 g/mol. The molecule has 2 unspecified atom stereocenters. The Bertz CT molecular complexity index is 481. The predicted molar refractivity (Wildman–Crippen MR) is 70.1 cm³/mol. The molecular formula is C11H18N2O2S2. The lowest BCUT2D eigenvalue weighted by molar-refractivity contribution is 0.541. The van der Waals surface area contributed by atoms with Gasteiger partial charge < -0.3 is 5.32 Å². The minimum Gasteiger partial charge on any atom is -0.308 e. The molecule has 0 radical (unpaired) electrons. The molecule has 1 aromatic rings. The van der Waals surface area contributed by atoms with E-state index in [4.69, 9.17) is 0 Å². The fraction of sp³-hybridized carbons (Fsp3) is 0.727. The minimum atomic E-state index is -2.84. The first kappa shape index (κ1) is 13.0. The van der Waals surface area contributed by atoms with Crippen LogP contribution in [0, 0.1) is 6.92 Å². The van der Waals surface area contributed by atoms with Crippen LogP contribution in [0.2, 0.25) is 0 Å². The van der Waals surface area contributed by atoms with Gasteiger partial charge in [-0.25, -0.2) is 13.4 Å². The second kappa shape index (κ2) is 5.04. The van der Waals surface area contributed by atoms with E-state index in [9.17, 15) is 8.42 Å². The molecule has 1 aliphatic rings. The average molecular weight is 274 g/mol. The van der Waals surface area contributed by atoms with Gasteiger partial charge in [0.05, 0.1) is 22.2 Å². The van der Waals surface area contributed by atoms with Crippen molar-refractivity contribution in [3.05, 3.63) is 16.1 Å². The molecule has 2 heterocycles. The summed E-state index contributed by atoms with van der Waals surface area (Å²) in [5.74, 6) is 0.354. The molecule has 1 aromatic heterocycles. The van der Waals surface area contributed by atoms with Gasteiger partial charge in [-0.2, -0.15) is 0 Å². The first-order valence-corrected chi connectivity index (χ1v) is 8.45. The molecule has 0 aromatic carbocycles. The largest absolute Gasteiger partial charge is 0.308 e. The quantitative estimate of drug-likeness (QED) is 0.907. The molecule has 6 heteroatoms. The Balaban J connectivity index is 1.93. The molecule has 0 bridgehead atoms. The number of nitrogens with zero attached hydrogens (tertiary/aromatic N) is 1. The van der Waals surface area contributed by atoms with E-state index in [2.05, 4.69) is 17.2 Å². The number of hydrogen-bond acceptors (Lipinski definition) is 5. The Kier molecular flexibility index (Phi) is 3.85. The van der Waals surface area contributed by atoms with Gasteiger partial charge in [-0.1, -0.05) is 0 Å². The zero-order valence-corrected chi connectivity index (χ0v) is 11.8. The monoisotopic (exact) mass is 274 g/mol. The second-order valence-corrected chi connectivity index (χ2v) is 7.85. The standard InChI is InChI=1S/C11H18N2O2S2/c1-8(11-9(2)13-7-16-11)12-6-10-4-3-5-17(10,14)15/h7-8,10,12H,3-6H2,1-2H3. The summed E-state index contributed by atoms with van der Waals surface area (Å²) in [7, 11) is -2.84. The maximum absolute atomic E-state index is 11.7. The lowest BCUT2D eigenvalue weighted by Crippen LogP contribution is -2.32. The Hall–Kier alpha value is -0.460. The normalized spacial score (nSPS) is 24.9. The molecule has 2 rings (SSSR count). The summed E-state index contributed by atoms with van der Waals surface area (Å²) in [6, 6.07) is 0.179. The number of hydrogen-bond donors (Lipinski definition) is 1.